The summed E-state index contributed by atoms with van der Waals surface area (Å²) < 4.78 is 12.2. The lowest BCUT2D eigenvalue weighted by Crippen LogP contribution is -2.45. The highest BCUT2D eigenvalue weighted by Crippen LogP contribution is 2.31. The molecule has 164 valence electrons. The molecule has 4 rings (SSSR count). The van der Waals surface area contributed by atoms with E-state index in [9.17, 15) is 10.2 Å². The van der Waals surface area contributed by atoms with Gasteiger partial charge in [0.1, 0.15) is 6.23 Å². The van der Waals surface area contributed by atoms with Gasteiger partial charge >= 0.3 is 0 Å². The minimum Gasteiger partial charge on any atom is -0.493 e. The van der Waals surface area contributed by atoms with E-state index in [0.717, 1.165) is 18.7 Å². The van der Waals surface area contributed by atoms with E-state index in [4.69, 9.17) is 9.47 Å². The molecule has 2 unspecified atom stereocenters. The lowest BCUT2D eigenvalue weighted by atomic mass is 10.1. The number of aliphatic hydroxyl groups is 1. The highest BCUT2D eigenvalue weighted by Gasteiger charge is 2.19. The maximum atomic E-state index is 10.6. The first-order valence-electron chi connectivity index (χ1n) is 10.0. The molecule has 1 fully saturated rings. The maximum absolute atomic E-state index is 10.6. The first-order chi connectivity index (χ1) is 15.0. The Morgan fingerprint density at radius 2 is 2.16 bits per heavy atom. The fourth-order valence-electron chi connectivity index (χ4n) is 3.44. The highest BCUT2D eigenvalue weighted by atomic mass is 16.5. The summed E-state index contributed by atoms with van der Waals surface area (Å²) in [7, 11) is 3.58. The minimum atomic E-state index is -0.872. The molecule has 3 aromatic rings. The van der Waals surface area contributed by atoms with Gasteiger partial charge in [0.2, 0.25) is 11.8 Å². The number of hydrogen-bond donors (Lipinski definition) is 3. The second kappa shape index (κ2) is 9.40. The summed E-state index contributed by atoms with van der Waals surface area (Å²) in [6.07, 6.45) is 3.87. The largest absolute Gasteiger partial charge is 0.493 e. The molecule has 0 aliphatic carbocycles. The second-order valence-corrected chi connectivity index (χ2v) is 7.40. The van der Waals surface area contributed by atoms with Crippen LogP contribution in [0.15, 0.2) is 42.9 Å². The number of aromatic hydroxyl groups is 1. The fourth-order valence-corrected chi connectivity index (χ4v) is 3.44. The Hall–Kier alpha value is -3.05. The smallest absolute Gasteiger partial charge is 0.223 e. The number of rotatable bonds is 7. The highest BCUT2D eigenvalue weighted by molar-refractivity contribution is 5.69. The summed E-state index contributed by atoms with van der Waals surface area (Å²) in [4.78, 5) is 10.6. The van der Waals surface area contributed by atoms with Gasteiger partial charge in [0.05, 0.1) is 31.6 Å². The third kappa shape index (κ3) is 4.83. The topological polar surface area (TPSA) is 118 Å². The van der Waals surface area contributed by atoms with Crippen LogP contribution in [0.1, 0.15) is 11.8 Å². The number of aliphatic hydroxyl groups excluding tert-OH is 1. The summed E-state index contributed by atoms with van der Waals surface area (Å²) >= 11 is 0. The molecule has 0 amide bonds. The van der Waals surface area contributed by atoms with Crippen LogP contribution >= 0.6 is 0 Å². The Labute approximate surface area is 180 Å². The Morgan fingerprint density at radius 1 is 1.29 bits per heavy atom. The van der Waals surface area contributed by atoms with Crippen molar-refractivity contribution in [3.63, 3.8) is 0 Å². The van der Waals surface area contributed by atoms with E-state index in [-0.39, 0.29) is 12.0 Å². The van der Waals surface area contributed by atoms with Crippen LogP contribution in [0.25, 0.3) is 16.9 Å². The van der Waals surface area contributed by atoms with Gasteiger partial charge in [0, 0.05) is 43.7 Å². The zero-order valence-corrected chi connectivity index (χ0v) is 17.5. The number of ether oxygens (including phenoxy) is 2. The van der Waals surface area contributed by atoms with Crippen molar-refractivity contribution in [2.45, 2.75) is 12.3 Å². The third-order valence-electron chi connectivity index (χ3n) is 5.18. The molecule has 2 atom stereocenters. The zero-order chi connectivity index (χ0) is 21.8. The van der Waals surface area contributed by atoms with E-state index in [2.05, 4.69) is 32.3 Å². The van der Waals surface area contributed by atoms with Crippen LogP contribution in [0.2, 0.25) is 0 Å². The van der Waals surface area contributed by atoms with Crippen LogP contribution < -0.4 is 10.1 Å². The Kier molecular flexibility index (Phi) is 6.42. The molecule has 3 N–H and O–H groups in total. The van der Waals surface area contributed by atoms with Crippen LogP contribution in [-0.2, 0) is 4.74 Å². The third-order valence-corrected chi connectivity index (χ3v) is 5.18. The summed E-state index contributed by atoms with van der Waals surface area (Å²) in [5, 5.41) is 28.4. The van der Waals surface area contributed by atoms with Crippen molar-refractivity contribution >= 4 is 0 Å². The number of hydrogen-bond acceptors (Lipinski definition) is 9. The standard InChI is InChI=1S/C21H26N6O4/c1-26-7-8-31-16(13-26)11-24-20(28)15-3-4-18(23-10-15)27-21(29)17(12-25-27)14-5-6-22-19(9-14)30-2/h3-6,9-10,12,16,20,24,28-29H,7-8,11,13H2,1-2H3. The van der Waals surface area contributed by atoms with Gasteiger partial charge in [0.15, 0.2) is 5.82 Å². The maximum Gasteiger partial charge on any atom is 0.223 e. The normalized spacial score (nSPS) is 18.1. The predicted molar refractivity (Wildman–Crippen MR) is 113 cm³/mol. The number of likely N-dealkylation sites (N-methyl/N-ethyl adjacent to an activating group) is 1. The molecular formula is C21H26N6O4. The summed E-state index contributed by atoms with van der Waals surface area (Å²) in [5.74, 6) is 0.822. The molecule has 10 nitrogen and oxygen atoms in total. The molecule has 0 saturated carbocycles. The van der Waals surface area contributed by atoms with E-state index >= 15 is 0 Å². The number of nitrogens with one attached hydrogen (secondary N) is 1. The van der Waals surface area contributed by atoms with Crippen molar-refractivity contribution in [2.24, 2.45) is 0 Å². The first kappa shape index (κ1) is 21.2. The van der Waals surface area contributed by atoms with E-state index < -0.39 is 6.23 Å². The van der Waals surface area contributed by atoms with Crippen molar-refractivity contribution in [2.75, 3.05) is 40.4 Å². The molecule has 10 heteroatoms. The molecule has 1 aliphatic rings. The Bertz CT molecular complexity index is 1010. The van der Waals surface area contributed by atoms with Crippen LogP contribution in [0.4, 0.5) is 0 Å². The molecule has 0 bridgehead atoms. The summed E-state index contributed by atoms with van der Waals surface area (Å²) in [6, 6.07) is 6.90. The zero-order valence-electron chi connectivity index (χ0n) is 17.5. The van der Waals surface area contributed by atoms with Crippen LogP contribution in [0.5, 0.6) is 11.8 Å². The van der Waals surface area contributed by atoms with Crippen molar-refractivity contribution in [1.29, 1.82) is 0 Å². The Morgan fingerprint density at radius 3 is 2.90 bits per heavy atom. The average molecular weight is 426 g/mol. The summed E-state index contributed by atoms with van der Waals surface area (Å²) in [6.45, 7) is 2.96. The van der Waals surface area contributed by atoms with Crippen molar-refractivity contribution < 1.29 is 19.7 Å². The van der Waals surface area contributed by atoms with Gasteiger partial charge in [-0.15, -0.1) is 0 Å². The second-order valence-electron chi connectivity index (χ2n) is 7.40. The Balaban J connectivity index is 1.44. The predicted octanol–water partition coefficient (Wildman–Crippen LogP) is 0.955. The molecular weight excluding hydrogens is 400 g/mol. The van der Waals surface area contributed by atoms with Crippen molar-refractivity contribution in [1.82, 2.24) is 30.0 Å². The number of aromatic nitrogens is 4. The lowest BCUT2D eigenvalue weighted by molar-refractivity contribution is -0.0255. The van der Waals surface area contributed by atoms with E-state index in [1.54, 1.807) is 42.9 Å². The minimum absolute atomic E-state index is 0.0342. The number of pyridine rings is 2. The molecule has 3 aromatic heterocycles. The number of methoxy groups -OCH3 is 1. The quantitative estimate of drug-likeness (QED) is 0.475. The van der Waals surface area contributed by atoms with E-state index in [1.165, 1.54) is 11.8 Å². The monoisotopic (exact) mass is 426 g/mol. The molecule has 0 aromatic carbocycles. The molecule has 31 heavy (non-hydrogen) atoms. The number of morpholine rings is 1. The van der Waals surface area contributed by atoms with E-state index in [1.807, 2.05) is 0 Å². The fraction of sp³-hybridized carbons (Fsp3) is 0.381. The molecule has 4 heterocycles. The van der Waals surface area contributed by atoms with Gasteiger partial charge in [0.25, 0.3) is 0 Å². The molecule has 1 aliphatic heterocycles. The van der Waals surface area contributed by atoms with Crippen LogP contribution in [-0.4, -0.2) is 81.4 Å². The number of nitrogens with zero attached hydrogens (tertiary/aromatic N) is 5. The van der Waals surface area contributed by atoms with Crippen molar-refractivity contribution in [3.05, 3.63) is 48.4 Å². The van der Waals surface area contributed by atoms with Gasteiger partial charge in [-0.1, -0.05) is 0 Å². The molecule has 1 saturated heterocycles. The lowest BCUT2D eigenvalue weighted by Gasteiger charge is -2.30. The summed E-state index contributed by atoms with van der Waals surface area (Å²) in [5.41, 5.74) is 1.87. The van der Waals surface area contributed by atoms with Crippen molar-refractivity contribution in [3.8, 4) is 28.7 Å². The van der Waals surface area contributed by atoms with Crippen LogP contribution in [0, 0.1) is 0 Å². The SMILES string of the molecule is COc1cc(-c2cnn(-c3ccc(C(O)NCC4CN(C)CCO4)cn3)c2O)ccn1. The first-order valence-corrected chi connectivity index (χ1v) is 10.0. The van der Waals surface area contributed by atoms with Gasteiger partial charge in [-0.05, 0) is 30.8 Å². The average Bonchev–Trinajstić information content (AvgIpc) is 3.19. The van der Waals surface area contributed by atoms with Crippen LogP contribution in [0.3, 0.4) is 0 Å². The van der Waals surface area contributed by atoms with Gasteiger partial charge in [-0.2, -0.15) is 9.78 Å². The van der Waals surface area contributed by atoms with Gasteiger partial charge in [-0.3, -0.25) is 5.32 Å². The van der Waals surface area contributed by atoms with Gasteiger partial charge in [-0.25, -0.2) is 9.97 Å². The van der Waals surface area contributed by atoms with Gasteiger partial charge < -0.3 is 24.6 Å². The molecule has 0 spiro atoms. The molecule has 0 radical (unpaired) electrons. The van der Waals surface area contributed by atoms with E-state index in [0.29, 0.717) is 36.0 Å².